The van der Waals surface area contributed by atoms with Crippen molar-refractivity contribution in [3.63, 3.8) is 0 Å². The second-order valence-corrected chi connectivity index (χ2v) is 30.0. The van der Waals surface area contributed by atoms with E-state index in [1.165, 1.54) is 95.6 Å². The lowest BCUT2D eigenvalue weighted by atomic mass is 10.0. The van der Waals surface area contributed by atoms with Gasteiger partial charge in [-0.15, -0.1) is 0 Å². The third kappa shape index (κ3) is 21.3. The molecule has 500 valence electrons. The van der Waals surface area contributed by atoms with Crippen molar-refractivity contribution in [1.29, 1.82) is 0 Å². The van der Waals surface area contributed by atoms with Crippen LogP contribution in [0.2, 0.25) is 0 Å². The molecule has 90 heavy (non-hydrogen) atoms. The van der Waals surface area contributed by atoms with Crippen molar-refractivity contribution in [1.82, 2.24) is 19.2 Å². The molecule has 8 N–H and O–H groups in total. The van der Waals surface area contributed by atoms with Crippen molar-refractivity contribution in [3.05, 3.63) is 108 Å². The maximum Gasteiger partial charge on any atom is 0.407 e. The normalized spacial score (nSPS) is 21.4. The lowest BCUT2D eigenvalue weighted by Crippen LogP contribution is -2.51. The number of nitrogens with one attached hydrogen (secondary N) is 2. The molecule has 32 heteroatoms. The molecule has 4 aromatic carbocycles. The van der Waals surface area contributed by atoms with Gasteiger partial charge in [0, 0.05) is 26.2 Å². The molecule has 0 aromatic heterocycles. The first kappa shape index (κ1) is 71.9. The quantitative estimate of drug-likeness (QED) is 0.0330. The molecule has 4 aliphatic rings. The summed E-state index contributed by atoms with van der Waals surface area (Å²) in [5.74, 6) is 1.07. The third-order valence-corrected chi connectivity index (χ3v) is 19.5. The van der Waals surface area contributed by atoms with E-state index in [-0.39, 0.29) is 97.2 Å². The molecular formula is C58H82N4O24P2S2. The van der Waals surface area contributed by atoms with Crippen molar-refractivity contribution < 1.29 is 113 Å². The van der Waals surface area contributed by atoms with Crippen molar-refractivity contribution in [2.75, 3.05) is 79.5 Å². The summed E-state index contributed by atoms with van der Waals surface area (Å²) in [7, 11) is -13.9. The van der Waals surface area contributed by atoms with Crippen LogP contribution in [0, 0.1) is 23.7 Å². The fourth-order valence-corrected chi connectivity index (χ4v) is 14.3. The topological polar surface area (TPSA) is 381 Å². The van der Waals surface area contributed by atoms with Crippen LogP contribution in [-0.2, 0) is 70.4 Å². The number of methoxy groups -OCH3 is 2. The van der Waals surface area contributed by atoms with Crippen LogP contribution in [0.3, 0.4) is 0 Å². The highest BCUT2D eigenvalue weighted by atomic mass is 32.2. The summed E-state index contributed by atoms with van der Waals surface area (Å²) in [6.07, 6.45) is -6.31. The number of hydrogen-bond donors (Lipinski definition) is 8. The Morgan fingerprint density at radius 1 is 0.533 bits per heavy atom. The van der Waals surface area contributed by atoms with Crippen LogP contribution in [0.4, 0.5) is 9.59 Å². The predicted octanol–water partition coefficient (Wildman–Crippen LogP) is 4.63. The highest BCUT2D eigenvalue weighted by Gasteiger charge is 2.46. The molecule has 0 radical (unpaired) electrons. The van der Waals surface area contributed by atoms with Gasteiger partial charge in [0.1, 0.15) is 35.2 Å². The van der Waals surface area contributed by atoms with Gasteiger partial charge in [0.15, 0.2) is 25.3 Å². The number of sulfonamides is 2. The Bertz CT molecular complexity index is 3050. The molecule has 4 fully saturated rings. The molecule has 10 atom stereocenters. The second kappa shape index (κ2) is 32.4. The van der Waals surface area contributed by atoms with Gasteiger partial charge in [0.05, 0.1) is 86.6 Å². The van der Waals surface area contributed by atoms with E-state index in [0.29, 0.717) is 48.7 Å². The third-order valence-electron chi connectivity index (χ3n) is 14.9. The van der Waals surface area contributed by atoms with E-state index in [4.69, 9.17) is 66.9 Å². The van der Waals surface area contributed by atoms with Gasteiger partial charge in [-0.3, -0.25) is 9.13 Å². The summed E-state index contributed by atoms with van der Waals surface area (Å²) in [6.45, 7) is 8.34. The fraction of sp³-hybridized carbons (Fsp3) is 0.552. The number of carbonyl (C=O) groups excluding carboxylic acids is 2. The predicted molar refractivity (Wildman–Crippen MR) is 323 cm³/mol. The van der Waals surface area contributed by atoms with Crippen LogP contribution in [0.1, 0.15) is 51.7 Å². The highest BCUT2D eigenvalue weighted by molar-refractivity contribution is 7.89. The lowest BCUT2D eigenvalue weighted by molar-refractivity contribution is -0.0909. The summed E-state index contributed by atoms with van der Waals surface area (Å²) in [5.41, 5.74) is 1.26. The minimum atomic E-state index is -4.37. The summed E-state index contributed by atoms with van der Waals surface area (Å²) >= 11 is 0. The van der Waals surface area contributed by atoms with Gasteiger partial charge in [-0.05, 0) is 121 Å². The summed E-state index contributed by atoms with van der Waals surface area (Å²) in [4.78, 5) is 62.5. The van der Waals surface area contributed by atoms with Gasteiger partial charge < -0.3 is 87.8 Å². The molecule has 4 heterocycles. The summed E-state index contributed by atoms with van der Waals surface area (Å²) in [5, 5.41) is 28.4. The van der Waals surface area contributed by atoms with Gasteiger partial charge >= 0.3 is 27.4 Å². The number of carbonyl (C=O) groups is 2. The first-order chi connectivity index (χ1) is 42.5. The Hall–Kier alpha value is -5.50. The summed E-state index contributed by atoms with van der Waals surface area (Å²) < 4.78 is 133. The van der Waals surface area contributed by atoms with Gasteiger partial charge in [0.25, 0.3) is 0 Å². The molecule has 0 bridgehead atoms. The van der Waals surface area contributed by atoms with Crippen LogP contribution >= 0.6 is 15.2 Å². The molecule has 3 unspecified atom stereocenters. The van der Waals surface area contributed by atoms with Crippen LogP contribution < -0.4 is 29.6 Å². The fourth-order valence-electron chi connectivity index (χ4n) is 10.4. The Kier molecular flexibility index (Phi) is 25.9. The van der Waals surface area contributed by atoms with E-state index < -0.39 is 109 Å². The Labute approximate surface area is 523 Å². The highest BCUT2D eigenvalue weighted by Crippen LogP contribution is 2.37. The van der Waals surface area contributed by atoms with E-state index in [9.17, 15) is 45.8 Å². The van der Waals surface area contributed by atoms with E-state index in [1.807, 2.05) is 27.7 Å². The molecule has 4 saturated heterocycles. The smallest absolute Gasteiger partial charge is 0.407 e. The van der Waals surface area contributed by atoms with Gasteiger partial charge in [-0.25, -0.2) is 26.4 Å². The van der Waals surface area contributed by atoms with Crippen molar-refractivity contribution >= 4 is 47.4 Å². The molecule has 0 spiro atoms. The van der Waals surface area contributed by atoms with Crippen molar-refractivity contribution in [3.8, 4) is 23.0 Å². The maximum absolute atomic E-state index is 13.7. The number of benzene rings is 4. The zero-order chi connectivity index (χ0) is 65.6. The monoisotopic (exact) mass is 1340 g/mol. The zero-order valence-electron chi connectivity index (χ0n) is 50.7. The van der Waals surface area contributed by atoms with E-state index in [0.717, 1.165) is 0 Å². The number of rotatable bonds is 30. The van der Waals surface area contributed by atoms with Crippen LogP contribution in [0.25, 0.3) is 0 Å². The second-order valence-electron chi connectivity index (χ2n) is 22.9. The maximum atomic E-state index is 13.7. The number of amides is 2. The molecule has 2 amide bonds. The number of hydrogen-bond acceptors (Lipinski definition) is 20. The minimum Gasteiger partial charge on any atom is -0.497 e. The molecule has 0 aliphatic carbocycles. The van der Waals surface area contributed by atoms with Crippen molar-refractivity contribution in [2.24, 2.45) is 23.7 Å². The number of aliphatic hydroxyl groups excluding tert-OH is 2. The standard InChI is InChI=1S/2C29H41N2O12PS/c2*1-19(2)15-31(45(37,38)23-10-8-21(39-3)9-11-23)16-26(32)25(14-20-4-6-22(7-5-20)42-18-44(34,35)36)30-29(33)43-27-17-41-28-24(27)12-13-40-28/h2*4-11,19,24-28,32H,12-18H2,1-3H3,(H,30,33)(H2,34,35,36)/t24?,25-,26+,27-,28?;24?,25-,26+,27-,28+/m00/s1. The number of fused-ring (bicyclic) bond motifs is 2. The lowest BCUT2D eigenvalue weighted by Gasteiger charge is -2.31. The first-order valence-electron chi connectivity index (χ1n) is 29.1. The van der Waals surface area contributed by atoms with Crippen LogP contribution in [0.15, 0.2) is 107 Å². The Balaban J connectivity index is 0.000000256. The van der Waals surface area contributed by atoms with Crippen LogP contribution in [0.5, 0.6) is 23.0 Å². The molecule has 0 saturated carbocycles. The average Bonchev–Trinajstić information content (AvgIpc) is 1.38. The van der Waals surface area contributed by atoms with Gasteiger partial charge in [-0.1, -0.05) is 52.0 Å². The molecular weight excluding hydrogens is 1260 g/mol. The Morgan fingerprint density at radius 2 is 0.867 bits per heavy atom. The SMILES string of the molecule is COc1ccc(S(=O)(=O)N(CC(C)C)C[C@@H](O)[C@H](Cc2ccc(OCP(=O)(O)O)cc2)NC(=O)O[C@H]2COC3OCCC32)cc1.COc1ccc(S(=O)(=O)N(CC(C)C)C[C@@H](O)[C@H](Cc2ccc(OCP(=O)(O)O)cc2)NC(=O)O[C@H]2CO[C@H]3OCCC32)cc1. The zero-order valence-corrected chi connectivity index (χ0v) is 54.1. The van der Waals surface area contributed by atoms with Crippen molar-refractivity contribution in [2.45, 2.75) is 112 Å². The molecule has 4 aromatic rings. The largest absolute Gasteiger partial charge is 0.497 e. The molecule has 4 aliphatic heterocycles. The number of nitrogens with zero attached hydrogens (tertiary/aromatic N) is 2. The minimum absolute atomic E-state index is 0.0283. The Morgan fingerprint density at radius 3 is 1.18 bits per heavy atom. The number of aliphatic hydroxyl groups is 2. The van der Waals surface area contributed by atoms with E-state index >= 15 is 0 Å². The van der Waals surface area contributed by atoms with E-state index in [2.05, 4.69) is 10.6 Å². The number of alkyl carbamates (subject to hydrolysis) is 2. The van der Waals surface area contributed by atoms with E-state index in [1.54, 1.807) is 24.3 Å². The summed E-state index contributed by atoms with van der Waals surface area (Å²) in [6, 6.07) is 22.4. The molecule has 8 rings (SSSR count). The molecule has 28 nitrogen and oxygen atoms in total. The van der Waals surface area contributed by atoms with Crippen LogP contribution in [-0.4, -0.2) is 196 Å². The first-order valence-corrected chi connectivity index (χ1v) is 35.6. The average molecular weight is 1350 g/mol. The van der Waals surface area contributed by atoms with Gasteiger partial charge in [-0.2, -0.15) is 8.61 Å². The van der Waals surface area contributed by atoms with Gasteiger partial charge in [0.2, 0.25) is 20.0 Å². The number of ether oxygens (including phenoxy) is 10.